The predicted octanol–water partition coefficient (Wildman–Crippen LogP) is 5.96. The second kappa shape index (κ2) is 15.2. The Morgan fingerprint density at radius 1 is 1.00 bits per heavy atom. The van der Waals surface area contributed by atoms with Crippen LogP contribution in [0.2, 0.25) is 0 Å². The Bertz CT molecular complexity index is 667. The van der Waals surface area contributed by atoms with Crippen molar-refractivity contribution in [3.8, 4) is 0 Å². The molecule has 0 saturated carbocycles. The van der Waals surface area contributed by atoms with E-state index in [2.05, 4.69) is 69.3 Å². The maximum absolute atomic E-state index is 9.26. The second-order valence-electron chi connectivity index (χ2n) is 8.52. The Hall–Kier alpha value is -1.68. The number of aliphatic hydroxyl groups excluding tert-OH is 2. The number of rotatable bonds is 15. The van der Waals surface area contributed by atoms with Gasteiger partial charge in [0.05, 0.1) is 18.8 Å². The number of hydrogen-bond acceptors (Lipinski definition) is 3. The van der Waals surface area contributed by atoms with Crippen molar-refractivity contribution in [2.45, 2.75) is 84.1 Å². The van der Waals surface area contributed by atoms with E-state index in [1.807, 2.05) is 0 Å². The Balaban J connectivity index is 2.64. The molecule has 0 spiro atoms. The van der Waals surface area contributed by atoms with E-state index in [0.29, 0.717) is 6.42 Å². The normalized spacial score (nSPS) is 13.4. The van der Waals surface area contributed by atoms with Gasteiger partial charge < -0.3 is 15.9 Å². The largest absolute Gasteiger partial charge is 0.394 e. The lowest BCUT2D eigenvalue weighted by Gasteiger charge is -2.24. The zero-order valence-corrected chi connectivity index (χ0v) is 19.4. The average molecular weight is 414 g/mol. The number of unbranched alkanes of at least 4 members (excludes halogenated alkanes) is 3. The van der Waals surface area contributed by atoms with E-state index < -0.39 is 5.54 Å². The maximum atomic E-state index is 9.26. The van der Waals surface area contributed by atoms with E-state index in [-0.39, 0.29) is 13.2 Å². The third-order valence-electron chi connectivity index (χ3n) is 5.66. The molecule has 4 N–H and O–H groups in total. The van der Waals surface area contributed by atoms with Crippen molar-refractivity contribution in [3.05, 3.63) is 65.3 Å². The van der Waals surface area contributed by atoms with Crippen LogP contribution in [0.3, 0.4) is 0 Å². The van der Waals surface area contributed by atoms with Gasteiger partial charge >= 0.3 is 0 Å². The minimum absolute atomic E-state index is 0.165. The Kier molecular flexibility index (Phi) is 13.3. The van der Waals surface area contributed by atoms with Gasteiger partial charge in [-0.3, -0.25) is 0 Å². The van der Waals surface area contributed by atoms with Crippen LogP contribution in [-0.2, 0) is 6.42 Å². The molecule has 30 heavy (non-hydrogen) atoms. The summed E-state index contributed by atoms with van der Waals surface area (Å²) in [5.41, 5.74) is 10.5. The van der Waals surface area contributed by atoms with Gasteiger partial charge in [-0.15, -0.1) is 0 Å². The molecule has 0 aliphatic heterocycles. The van der Waals surface area contributed by atoms with Gasteiger partial charge in [0.15, 0.2) is 0 Å². The predicted molar refractivity (Wildman–Crippen MR) is 130 cm³/mol. The van der Waals surface area contributed by atoms with Crippen molar-refractivity contribution in [1.82, 2.24) is 0 Å². The highest BCUT2D eigenvalue weighted by Crippen LogP contribution is 2.22. The molecule has 3 heteroatoms. The second-order valence-corrected chi connectivity index (χ2v) is 8.52. The van der Waals surface area contributed by atoms with Gasteiger partial charge in [-0.1, -0.05) is 80.3 Å². The highest BCUT2D eigenvalue weighted by atomic mass is 16.3. The van der Waals surface area contributed by atoms with E-state index in [4.69, 9.17) is 5.73 Å². The molecule has 1 aromatic carbocycles. The molecule has 0 radical (unpaired) electrons. The van der Waals surface area contributed by atoms with Crippen LogP contribution in [0, 0.1) is 0 Å². The van der Waals surface area contributed by atoms with Gasteiger partial charge in [0, 0.05) is 0 Å². The van der Waals surface area contributed by atoms with Gasteiger partial charge in [0.25, 0.3) is 0 Å². The van der Waals surface area contributed by atoms with Crippen molar-refractivity contribution in [2.24, 2.45) is 5.73 Å². The van der Waals surface area contributed by atoms with Gasteiger partial charge in [-0.2, -0.15) is 0 Å². The van der Waals surface area contributed by atoms with Crippen molar-refractivity contribution in [2.75, 3.05) is 13.2 Å². The number of aliphatic hydroxyl groups is 2. The highest BCUT2D eigenvalue weighted by Gasteiger charge is 2.21. The molecule has 0 heterocycles. The van der Waals surface area contributed by atoms with Crippen LogP contribution in [-0.4, -0.2) is 29.0 Å². The summed E-state index contributed by atoms with van der Waals surface area (Å²) in [4.78, 5) is 0. The van der Waals surface area contributed by atoms with Crippen LogP contribution in [0.5, 0.6) is 0 Å². The van der Waals surface area contributed by atoms with Crippen molar-refractivity contribution < 1.29 is 10.2 Å². The summed E-state index contributed by atoms with van der Waals surface area (Å²) < 4.78 is 0. The van der Waals surface area contributed by atoms with E-state index in [1.165, 1.54) is 35.1 Å². The van der Waals surface area contributed by atoms with Crippen molar-refractivity contribution in [1.29, 1.82) is 0 Å². The Morgan fingerprint density at radius 3 is 2.30 bits per heavy atom. The molecule has 0 bridgehead atoms. The summed E-state index contributed by atoms with van der Waals surface area (Å²) in [5, 5.41) is 18.5. The third-order valence-corrected chi connectivity index (χ3v) is 5.66. The lowest BCUT2D eigenvalue weighted by atomic mass is 9.94. The number of benzene rings is 1. The first kappa shape index (κ1) is 26.4. The standard InChI is InChI=1S/C27H43NO2/c1-4-6-12-24-15-18-26(19-16-24)25(13-7-5-2)17-14-23(3)11-9-8-10-20-27(28,21-29)22-30/h5,7,14-19,29-30H,4,6,8-13,20-22,28H2,1-3H3/b7-5?,23-14+,25-17+. The first-order valence-electron chi connectivity index (χ1n) is 11.6. The van der Waals surface area contributed by atoms with Crippen LogP contribution < -0.4 is 5.73 Å². The quantitative estimate of drug-likeness (QED) is 0.189. The first-order valence-corrected chi connectivity index (χ1v) is 11.6. The number of nitrogens with two attached hydrogens (primary N) is 1. The van der Waals surface area contributed by atoms with Crippen LogP contribution in [0.25, 0.3) is 5.57 Å². The van der Waals surface area contributed by atoms with Crippen LogP contribution in [0.4, 0.5) is 0 Å². The van der Waals surface area contributed by atoms with E-state index in [9.17, 15) is 10.2 Å². The molecule has 0 fully saturated rings. The van der Waals surface area contributed by atoms with E-state index >= 15 is 0 Å². The number of aryl methyl sites for hydroxylation is 1. The smallest absolute Gasteiger partial charge is 0.0633 e. The van der Waals surface area contributed by atoms with Crippen LogP contribution in [0.1, 0.15) is 83.3 Å². The SMILES string of the molecule is CC=CC/C(=C\C=C(/C)CCCCCC(N)(CO)CO)c1ccc(CCCC)cc1. The maximum Gasteiger partial charge on any atom is 0.0633 e. The van der Waals surface area contributed by atoms with Crippen LogP contribution >= 0.6 is 0 Å². The number of allylic oxidation sites excluding steroid dienone is 6. The fourth-order valence-electron chi connectivity index (χ4n) is 3.39. The summed E-state index contributed by atoms with van der Waals surface area (Å²) in [7, 11) is 0. The first-order chi connectivity index (χ1) is 14.5. The fraction of sp³-hybridized carbons (Fsp3) is 0.556. The molecule has 0 atom stereocenters. The molecular weight excluding hydrogens is 370 g/mol. The van der Waals surface area contributed by atoms with Gasteiger partial charge in [-0.25, -0.2) is 0 Å². The number of hydrogen-bond donors (Lipinski definition) is 3. The van der Waals surface area contributed by atoms with Crippen LogP contribution in [0.15, 0.2) is 54.1 Å². The molecular formula is C27H43NO2. The molecule has 0 unspecified atom stereocenters. The molecule has 1 aromatic rings. The van der Waals surface area contributed by atoms with Crippen molar-refractivity contribution >= 4 is 5.57 Å². The fourth-order valence-corrected chi connectivity index (χ4v) is 3.39. The molecule has 1 rings (SSSR count). The minimum Gasteiger partial charge on any atom is -0.394 e. The van der Waals surface area contributed by atoms with E-state index in [0.717, 1.165) is 38.5 Å². The minimum atomic E-state index is -0.832. The topological polar surface area (TPSA) is 66.5 Å². The Labute approximate surface area is 184 Å². The van der Waals surface area contributed by atoms with Crippen molar-refractivity contribution in [3.63, 3.8) is 0 Å². The summed E-state index contributed by atoms with van der Waals surface area (Å²) in [6.45, 7) is 6.16. The zero-order chi connectivity index (χ0) is 22.2. The monoisotopic (exact) mass is 413 g/mol. The molecule has 0 saturated heterocycles. The lowest BCUT2D eigenvalue weighted by Crippen LogP contribution is -2.47. The Morgan fingerprint density at radius 2 is 1.70 bits per heavy atom. The van der Waals surface area contributed by atoms with Gasteiger partial charge in [0.1, 0.15) is 0 Å². The zero-order valence-electron chi connectivity index (χ0n) is 19.4. The molecule has 168 valence electrons. The van der Waals surface area contributed by atoms with Gasteiger partial charge in [-0.05, 0) is 69.1 Å². The third kappa shape index (κ3) is 10.4. The molecule has 0 aliphatic rings. The molecule has 3 nitrogen and oxygen atoms in total. The molecule has 0 aliphatic carbocycles. The lowest BCUT2D eigenvalue weighted by molar-refractivity contribution is 0.112. The summed E-state index contributed by atoms with van der Waals surface area (Å²) in [6, 6.07) is 9.04. The molecule has 0 amide bonds. The summed E-state index contributed by atoms with van der Waals surface area (Å²) in [6.07, 6.45) is 18.2. The summed E-state index contributed by atoms with van der Waals surface area (Å²) >= 11 is 0. The van der Waals surface area contributed by atoms with E-state index in [1.54, 1.807) is 0 Å². The average Bonchev–Trinajstić information content (AvgIpc) is 2.77. The summed E-state index contributed by atoms with van der Waals surface area (Å²) in [5.74, 6) is 0. The van der Waals surface area contributed by atoms with Gasteiger partial charge in [0.2, 0.25) is 0 Å². The molecule has 0 aromatic heterocycles. The highest BCUT2D eigenvalue weighted by molar-refractivity contribution is 5.68.